The number of aliphatic hydroxyl groups excluding tert-OH is 1. The van der Waals surface area contributed by atoms with E-state index in [0.717, 1.165) is 73.8 Å². The van der Waals surface area contributed by atoms with Gasteiger partial charge in [0.25, 0.3) is 0 Å². The van der Waals surface area contributed by atoms with Crippen molar-refractivity contribution in [2.24, 2.45) is 0 Å². The molecular formula is C25H34N8O. The van der Waals surface area contributed by atoms with Gasteiger partial charge < -0.3 is 19.9 Å². The maximum atomic E-state index is 10.6. The molecule has 9 nitrogen and oxygen atoms in total. The van der Waals surface area contributed by atoms with Crippen LogP contribution >= 0.6 is 0 Å². The first-order valence-corrected chi connectivity index (χ1v) is 12.5. The molecule has 1 aliphatic carbocycles. The molecule has 1 unspecified atom stereocenters. The maximum absolute atomic E-state index is 10.6. The Morgan fingerprint density at radius 3 is 2.59 bits per heavy atom. The molecule has 1 spiro atoms. The van der Waals surface area contributed by atoms with Gasteiger partial charge in [-0.3, -0.25) is 10.2 Å². The Hall–Kier alpha value is -2.75. The lowest BCUT2D eigenvalue weighted by atomic mass is 9.94. The average molecular weight is 463 g/mol. The summed E-state index contributed by atoms with van der Waals surface area (Å²) in [7, 11) is 0. The van der Waals surface area contributed by atoms with Gasteiger partial charge in [0.05, 0.1) is 23.1 Å². The lowest BCUT2D eigenvalue weighted by molar-refractivity contribution is 0.0768. The van der Waals surface area contributed by atoms with Crippen LogP contribution in [0.15, 0.2) is 30.6 Å². The first-order chi connectivity index (χ1) is 16.5. The van der Waals surface area contributed by atoms with Crippen molar-refractivity contribution < 1.29 is 5.11 Å². The Balaban J connectivity index is 1.23. The molecule has 0 amide bonds. The third-order valence-corrected chi connectivity index (χ3v) is 7.88. The van der Waals surface area contributed by atoms with Crippen molar-refractivity contribution in [3.05, 3.63) is 36.3 Å². The zero-order valence-electron chi connectivity index (χ0n) is 20.0. The number of fused-ring (bicyclic) bond motifs is 4. The summed E-state index contributed by atoms with van der Waals surface area (Å²) in [5, 5.41) is 18.1. The van der Waals surface area contributed by atoms with E-state index < -0.39 is 6.23 Å². The molecule has 0 bridgehead atoms. The highest BCUT2D eigenvalue weighted by molar-refractivity contribution is 5.79. The Bertz CT molecular complexity index is 1160. The van der Waals surface area contributed by atoms with Crippen LogP contribution in [0, 0.1) is 0 Å². The highest BCUT2D eigenvalue weighted by atomic mass is 16.3. The van der Waals surface area contributed by atoms with E-state index in [9.17, 15) is 5.11 Å². The molecule has 3 N–H and O–H groups in total. The first-order valence-electron chi connectivity index (χ1n) is 12.5. The third kappa shape index (κ3) is 3.72. The predicted molar refractivity (Wildman–Crippen MR) is 133 cm³/mol. The summed E-state index contributed by atoms with van der Waals surface area (Å²) in [6.45, 7) is 9.49. The normalized spacial score (nSPS) is 22.6. The van der Waals surface area contributed by atoms with Crippen LogP contribution in [-0.2, 0) is 5.54 Å². The summed E-state index contributed by atoms with van der Waals surface area (Å²) in [5.41, 5.74) is 2.90. The molecule has 180 valence electrons. The zero-order chi connectivity index (χ0) is 23.3. The van der Waals surface area contributed by atoms with Gasteiger partial charge in [0.1, 0.15) is 17.7 Å². The van der Waals surface area contributed by atoms with Crippen LogP contribution in [0.4, 0.5) is 17.5 Å². The van der Waals surface area contributed by atoms with Gasteiger partial charge in [-0.2, -0.15) is 4.98 Å². The number of piperazine rings is 1. The number of anilines is 3. The minimum atomic E-state index is -0.673. The second-order valence-corrected chi connectivity index (χ2v) is 10.2. The molecule has 3 aromatic heterocycles. The molecule has 1 saturated heterocycles. The van der Waals surface area contributed by atoms with Crippen molar-refractivity contribution in [3.63, 3.8) is 0 Å². The highest BCUT2D eigenvalue weighted by Gasteiger charge is 2.42. The number of aliphatic hydroxyl groups is 1. The number of hydrogen-bond donors (Lipinski definition) is 3. The van der Waals surface area contributed by atoms with E-state index in [1.54, 1.807) is 0 Å². The van der Waals surface area contributed by atoms with E-state index in [4.69, 9.17) is 4.98 Å². The van der Waals surface area contributed by atoms with Crippen molar-refractivity contribution in [1.82, 2.24) is 29.7 Å². The van der Waals surface area contributed by atoms with Crippen LogP contribution in [0.5, 0.6) is 0 Å². The fraction of sp³-hybridized carbons (Fsp3) is 0.560. The number of nitrogens with one attached hydrogen (secondary N) is 2. The summed E-state index contributed by atoms with van der Waals surface area (Å²) >= 11 is 0. The Labute approximate surface area is 200 Å². The molecule has 3 aromatic rings. The van der Waals surface area contributed by atoms with Crippen LogP contribution in [-0.4, -0.2) is 68.3 Å². The molecule has 1 saturated carbocycles. The van der Waals surface area contributed by atoms with Crippen molar-refractivity contribution in [3.8, 4) is 0 Å². The minimum Gasteiger partial charge on any atom is -0.373 e. The summed E-state index contributed by atoms with van der Waals surface area (Å²) in [6.07, 6.45) is 7.71. The van der Waals surface area contributed by atoms with Crippen LogP contribution < -0.4 is 15.5 Å². The van der Waals surface area contributed by atoms with E-state index in [2.05, 4.69) is 54.9 Å². The standard InChI is InChI=1S/C25H34N8O/c1-17(2)31-9-11-32(12-10-31)19-5-6-21(26-15-19)29-24-27-14-18-13-20-23(34)28-16-25(7-3-4-8-25)33(20)22(18)30-24/h5-6,13-15,17,23,28,34H,3-4,7-12,16H2,1-2H3,(H,26,27,29,30). The fourth-order valence-electron chi connectivity index (χ4n) is 5.93. The van der Waals surface area contributed by atoms with Crippen LogP contribution in [0.2, 0.25) is 0 Å². The van der Waals surface area contributed by atoms with Gasteiger partial charge in [0.15, 0.2) is 0 Å². The minimum absolute atomic E-state index is 0.0125. The summed E-state index contributed by atoms with van der Waals surface area (Å²) in [6, 6.07) is 6.73. The van der Waals surface area contributed by atoms with Gasteiger partial charge in [0, 0.05) is 50.3 Å². The summed E-state index contributed by atoms with van der Waals surface area (Å²) < 4.78 is 2.27. The van der Waals surface area contributed by atoms with Gasteiger partial charge >= 0.3 is 0 Å². The molecule has 0 radical (unpaired) electrons. The van der Waals surface area contributed by atoms with Crippen molar-refractivity contribution in [2.75, 3.05) is 42.9 Å². The molecule has 3 aliphatic rings. The number of aromatic nitrogens is 4. The maximum Gasteiger partial charge on any atom is 0.230 e. The van der Waals surface area contributed by atoms with Crippen LogP contribution in [0.25, 0.3) is 11.0 Å². The number of rotatable bonds is 4. The molecule has 2 aliphatic heterocycles. The van der Waals surface area contributed by atoms with Crippen molar-refractivity contribution in [1.29, 1.82) is 0 Å². The molecule has 0 aromatic carbocycles. The lowest BCUT2D eigenvalue weighted by Gasteiger charge is -2.39. The van der Waals surface area contributed by atoms with Crippen LogP contribution in [0.3, 0.4) is 0 Å². The topological polar surface area (TPSA) is 94.4 Å². The summed E-state index contributed by atoms with van der Waals surface area (Å²) in [5.74, 6) is 1.26. The van der Waals surface area contributed by atoms with Gasteiger partial charge in [-0.05, 0) is 44.9 Å². The highest BCUT2D eigenvalue weighted by Crippen LogP contribution is 2.43. The number of nitrogens with zero attached hydrogens (tertiary/aromatic N) is 6. The van der Waals surface area contributed by atoms with E-state index in [0.29, 0.717) is 12.0 Å². The molecule has 6 rings (SSSR count). The van der Waals surface area contributed by atoms with Gasteiger partial charge in [-0.15, -0.1) is 0 Å². The number of hydrogen-bond acceptors (Lipinski definition) is 8. The molecule has 1 atom stereocenters. The monoisotopic (exact) mass is 462 g/mol. The van der Waals surface area contributed by atoms with Gasteiger partial charge in [-0.1, -0.05) is 12.8 Å². The van der Waals surface area contributed by atoms with Gasteiger partial charge in [-0.25, -0.2) is 9.97 Å². The van der Waals surface area contributed by atoms with E-state index in [1.165, 1.54) is 12.8 Å². The SMILES string of the molecule is CC(C)N1CCN(c2ccc(Nc3ncc4cc5n(c4n3)C3(CCCC3)CNC5O)nc2)CC1. The second-order valence-electron chi connectivity index (χ2n) is 10.2. The van der Waals surface area contributed by atoms with E-state index in [1.807, 2.05) is 24.5 Å². The molecule has 5 heterocycles. The molecule has 34 heavy (non-hydrogen) atoms. The zero-order valence-corrected chi connectivity index (χ0v) is 20.0. The predicted octanol–water partition coefficient (Wildman–Crippen LogP) is 2.96. The fourth-order valence-corrected chi connectivity index (χ4v) is 5.93. The van der Waals surface area contributed by atoms with E-state index in [-0.39, 0.29) is 5.54 Å². The molecule has 9 heteroatoms. The summed E-state index contributed by atoms with van der Waals surface area (Å²) in [4.78, 5) is 19.0. The van der Waals surface area contributed by atoms with Crippen LogP contribution in [0.1, 0.15) is 51.5 Å². The van der Waals surface area contributed by atoms with Crippen molar-refractivity contribution in [2.45, 2.75) is 57.3 Å². The van der Waals surface area contributed by atoms with Gasteiger partial charge in [0.2, 0.25) is 5.95 Å². The Kier molecular flexibility index (Phi) is 5.43. The lowest BCUT2D eigenvalue weighted by Crippen LogP contribution is -2.48. The second kappa shape index (κ2) is 8.48. The molecule has 2 fully saturated rings. The largest absolute Gasteiger partial charge is 0.373 e. The number of pyridine rings is 1. The van der Waals surface area contributed by atoms with E-state index >= 15 is 0 Å². The third-order valence-electron chi connectivity index (χ3n) is 7.88. The smallest absolute Gasteiger partial charge is 0.230 e. The first kappa shape index (κ1) is 21.8. The Morgan fingerprint density at radius 2 is 1.88 bits per heavy atom. The quantitative estimate of drug-likeness (QED) is 0.545. The molecular weight excluding hydrogens is 428 g/mol. The van der Waals surface area contributed by atoms with Crippen molar-refractivity contribution >= 4 is 28.5 Å². The Morgan fingerprint density at radius 1 is 1.09 bits per heavy atom. The average Bonchev–Trinajstić information content (AvgIpc) is 3.48.